The predicted octanol–water partition coefficient (Wildman–Crippen LogP) is 1.58. The van der Waals surface area contributed by atoms with Crippen molar-refractivity contribution >= 4 is 5.97 Å². The highest BCUT2D eigenvalue weighted by atomic mass is 16.6. The number of aliphatic hydroxyl groups excluding tert-OH is 1. The maximum atomic E-state index is 12.1. The molecule has 2 rings (SSSR count). The first-order valence-corrected chi connectivity index (χ1v) is 7.19. The molecule has 0 unspecified atom stereocenters. The van der Waals surface area contributed by atoms with Crippen LogP contribution in [0.25, 0.3) is 0 Å². The Hall–Kier alpha value is -0.910. The lowest BCUT2D eigenvalue weighted by atomic mass is 9.86. The molecule has 2 aliphatic rings. The van der Waals surface area contributed by atoms with Crippen molar-refractivity contribution in [2.75, 3.05) is 6.61 Å². The zero-order chi connectivity index (χ0) is 15.1. The fraction of sp³-hybridized carbons (Fsp3) is 0.800. The van der Waals surface area contributed by atoms with Gasteiger partial charge in [0.25, 0.3) is 0 Å². The molecule has 1 heterocycles. The van der Waals surface area contributed by atoms with Crippen molar-refractivity contribution in [2.45, 2.75) is 71.1 Å². The maximum absolute atomic E-state index is 12.1. The molecule has 0 spiro atoms. The average Bonchev–Trinajstić information content (AvgIpc) is 2.51. The zero-order valence-corrected chi connectivity index (χ0v) is 12.8. The van der Waals surface area contributed by atoms with E-state index in [-0.39, 0.29) is 18.8 Å². The molecule has 5 nitrogen and oxygen atoms in total. The first-order chi connectivity index (χ1) is 9.29. The van der Waals surface area contributed by atoms with E-state index in [1.807, 2.05) is 27.7 Å². The molecule has 114 valence electrons. The molecule has 1 fully saturated rings. The summed E-state index contributed by atoms with van der Waals surface area (Å²) in [6.07, 6.45) is -1.03. The SMILES string of the molecule is CC1=C2C(=O)OCC[C@@]2(OC(C)C)[C@H](OC(C)C)[C@@H]1O. The van der Waals surface area contributed by atoms with Crippen molar-refractivity contribution in [3.8, 4) is 0 Å². The molecule has 0 aromatic heterocycles. The maximum Gasteiger partial charge on any atom is 0.337 e. The number of hydrogen-bond acceptors (Lipinski definition) is 5. The van der Waals surface area contributed by atoms with E-state index >= 15 is 0 Å². The summed E-state index contributed by atoms with van der Waals surface area (Å²) >= 11 is 0. The Morgan fingerprint density at radius 2 is 1.95 bits per heavy atom. The molecule has 20 heavy (non-hydrogen) atoms. The summed E-state index contributed by atoms with van der Waals surface area (Å²) in [5.41, 5.74) is 0.147. The number of fused-ring (bicyclic) bond motifs is 1. The van der Waals surface area contributed by atoms with Gasteiger partial charge in [-0.15, -0.1) is 0 Å². The second kappa shape index (κ2) is 5.47. The first-order valence-electron chi connectivity index (χ1n) is 7.19. The van der Waals surface area contributed by atoms with E-state index in [2.05, 4.69) is 0 Å². The van der Waals surface area contributed by atoms with E-state index in [0.29, 0.717) is 17.6 Å². The minimum absolute atomic E-state index is 0.0626. The van der Waals surface area contributed by atoms with Gasteiger partial charge in [0.15, 0.2) is 0 Å². The monoisotopic (exact) mass is 284 g/mol. The predicted molar refractivity (Wildman–Crippen MR) is 73.2 cm³/mol. The summed E-state index contributed by atoms with van der Waals surface area (Å²) in [5, 5.41) is 10.5. The van der Waals surface area contributed by atoms with E-state index in [1.54, 1.807) is 6.92 Å². The third kappa shape index (κ3) is 2.38. The minimum Gasteiger partial charge on any atom is -0.462 e. The van der Waals surface area contributed by atoms with Gasteiger partial charge in [0.1, 0.15) is 17.8 Å². The van der Waals surface area contributed by atoms with E-state index in [4.69, 9.17) is 14.2 Å². The minimum atomic E-state index is -0.892. The smallest absolute Gasteiger partial charge is 0.337 e. The quantitative estimate of drug-likeness (QED) is 0.794. The summed E-state index contributed by atoms with van der Waals surface area (Å²) < 4.78 is 17.1. The van der Waals surface area contributed by atoms with E-state index < -0.39 is 23.8 Å². The summed E-state index contributed by atoms with van der Waals surface area (Å²) in [5.74, 6) is -0.400. The van der Waals surface area contributed by atoms with Crippen LogP contribution in [-0.2, 0) is 19.0 Å². The van der Waals surface area contributed by atoms with Crippen LogP contribution in [0.1, 0.15) is 41.0 Å². The van der Waals surface area contributed by atoms with Crippen LogP contribution in [0.2, 0.25) is 0 Å². The van der Waals surface area contributed by atoms with E-state index in [1.165, 1.54) is 0 Å². The number of ether oxygens (including phenoxy) is 3. The van der Waals surface area contributed by atoms with Gasteiger partial charge >= 0.3 is 5.97 Å². The molecule has 1 aliphatic heterocycles. The fourth-order valence-electron chi connectivity index (χ4n) is 3.16. The van der Waals surface area contributed by atoms with Crippen LogP contribution < -0.4 is 0 Å². The van der Waals surface area contributed by atoms with Crippen LogP contribution >= 0.6 is 0 Å². The van der Waals surface area contributed by atoms with Crippen molar-refractivity contribution in [1.82, 2.24) is 0 Å². The lowest BCUT2D eigenvalue weighted by Gasteiger charge is -2.42. The number of carbonyl (C=O) groups excluding carboxylic acids is 1. The molecule has 0 bridgehead atoms. The van der Waals surface area contributed by atoms with Gasteiger partial charge < -0.3 is 19.3 Å². The van der Waals surface area contributed by atoms with Crippen LogP contribution in [0.3, 0.4) is 0 Å². The van der Waals surface area contributed by atoms with Crippen molar-refractivity contribution in [1.29, 1.82) is 0 Å². The average molecular weight is 284 g/mol. The fourth-order valence-corrected chi connectivity index (χ4v) is 3.16. The summed E-state index contributed by atoms with van der Waals surface area (Å²) in [4.78, 5) is 12.1. The van der Waals surface area contributed by atoms with Crippen LogP contribution in [0, 0.1) is 0 Å². The van der Waals surface area contributed by atoms with Gasteiger partial charge in [0, 0.05) is 6.42 Å². The van der Waals surface area contributed by atoms with Gasteiger partial charge in [-0.2, -0.15) is 0 Å². The van der Waals surface area contributed by atoms with Crippen molar-refractivity contribution < 1.29 is 24.1 Å². The Morgan fingerprint density at radius 1 is 1.30 bits per heavy atom. The number of aliphatic hydroxyl groups is 1. The molecule has 0 amide bonds. The third-order valence-electron chi connectivity index (χ3n) is 3.78. The van der Waals surface area contributed by atoms with Gasteiger partial charge in [-0.25, -0.2) is 4.79 Å². The second-order valence-electron chi connectivity index (χ2n) is 6.05. The normalized spacial score (nSPS) is 33.9. The second-order valence-corrected chi connectivity index (χ2v) is 6.05. The largest absolute Gasteiger partial charge is 0.462 e. The summed E-state index contributed by atoms with van der Waals surface area (Å²) in [6, 6.07) is 0. The Morgan fingerprint density at radius 3 is 2.50 bits per heavy atom. The molecule has 1 saturated heterocycles. The first kappa shape index (κ1) is 15.5. The van der Waals surface area contributed by atoms with Crippen LogP contribution in [0.5, 0.6) is 0 Å². The number of hydrogen-bond donors (Lipinski definition) is 1. The van der Waals surface area contributed by atoms with Gasteiger partial charge in [-0.05, 0) is 40.2 Å². The van der Waals surface area contributed by atoms with Crippen LogP contribution in [0.4, 0.5) is 0 Å². The highest BCUT2D eigenvalue weighted by Gasteiger charge is 2.59. The van der Waals surface area contributed by atoms with Gasteiger partial charge in [-0.1, -0.05) is 0 Å². The standard InChI is InChI=1S/C15H24O5/c1-8(2)19-13-12(16)10(5)11-14(17)18-7-6-15(11,13)20-9(3)4/h8-9,12-13,16H,6-7H2,1-5H3/t12-,13-,15+/m1/s1. The molecule has 0 saturated carbocycles. The number of cyclic esters (lactones) is 1. The van der Waals surface area contributed by atoms with Crippen molar-refractivity contribution in [2.24, 2.45) is 0 Å². The molecule has 0 radical (unpaired) electrons. The Kier molecular flexibility index (Phi) is 4.23. The van der Waals surface area contributed by atoms with Gasteiger partial charge in [-0.3, -0.25) is 0 Å². The summed E-state index contributed by atoms with van der Waals surface area (Å²) in [7, 11) is 0. The molecule has 5 heteroatoms. The summed E-state index contributed by atoms with van der Waals surface area (Å²) in [6.45, 7) is 9.67. The van der Waals surface area contributed by atoms with Crippen molar-refractivity contribution in [3.63, 3.8) is 0 Å². The van der Waals surface area contributed by atoms with Crippen LogP contribution in [0.15, 0.2) is 11.1 Å². The molecule has 3 atom stereocenters. The van der Waals surface area contributed by atoms with Gasteiger partial charge in [0.05, 0.1) is 24.4 Å². The lowest BCUT2D eigenvalue weighted by Crippen LogP contribution is -2.54. The molecule has 0 aromatic carbocycles. The Balaban J connectivity index is 2.47. The Labute approximate surface area is 119 Å². The lowest BCUT2D eigenvalue weighted by molar-refractivity contribution is -0.194. The number of esters is 1. The zero-order valence-electron chi connectivity index (χ0n) is 12.8. The molecular formula is C15H24O5. The molecule has 0 aromatic rings. The van der Waals surface area contributed by atoms with Crippen molar-refractivity contribution in [3.05, 3.63) is 11.1 Å². The molecular weight excluding hydrogens is 260 g/mol. The Bertz CT molecular complexity index is 426. The number of rotatable bonds is 4. The number of carbonyl (C=O) groups is 1. The van der Waals surface area contributed by atoms with Crippen LogP contribution in [-0.4, -0.2) is 47.7 Å². The highest BCUT2D eigenvalue weighted by molar-refractivity contribution is 5.94. The molecule has 1 N–H and O–H groups in total. The molecule has 1 aliphatic carbocycles. The van der Waals surface area contributed by atoms with E-state index in [9.17, 15) is 9.90 Å². The van der Waals surface area contributed by atoms with E-state index in [0.717, 1.165) is 0 Å². The highest BCUT2D eigenvalue weighted by Crippen LogP contribution is 2.46. The topological polar surface area (TPSA) is 65.0 Å². The third-order valence-corrected chi connectivity index (χ3v) is 3.78. The van der Waals surface area contributed by atoms with Gasteiger partial charge in [0.2, 0.25) is 0 Å².